The van der Waals surface area contributed by atoms with Gasteiger partial charge in [0.15, 0.2) is 0 Å². The number of methoxy groups -OCH3 is 1. The van der Waals surface area contributed by atoms with E-state index in [0.29, 0.717) is 11.5 Å². The van der Waals surface area contributed by atoms with E-state index < -0.39 is 0 Å². The number of ether oxygens (including phenoxy) is 1. The van der Waals surface area contributed by atoms with Crippen molar-refractivity contribution in [1.29, 1.82) is 5.26 Å². The van der Waals surface area contributed by atoms with Crippen LogP contribution in [0.4, 0.5) is 0 Å². The Balaban J connectivity index is 2.95. The third-order valence-corrected chi connectivity index (χ3v) is 2.10. The highest BCUT2D eigenvalue weighted by atomic mass is 32.1. The molecule has 0 saturated carbocycles. The van der Waals surface area contributed by atoms with Gasteiger partial charge in [0.05, 0.1) is 17.3 Å². The molecule has 0 spiro atoms. The Morgan fingerprint density at radius 3 is 3.00 bits per heavy atom. The molecule has 0 unspecified atom stereocenters. The average molecular weight is 168 g/mol. The molecule has 0 bridgehead atoms. The van der Waals surface area contributed by atoms with Gasteiger partial charge in [-0.15, -0.1) is 11.3 Å². The highest BCUT2D eigenvalue weighted by Gasteiger charge is 2.06. The SMILES string of the molecule is COCc1nc(C)sc1C#N. The summed E-state index contributed by atoms with van der Waals surface area (Å²) in [5.41, 5.74) is 0.748. The number of nitriles is 1. The molecule has 1 aromatic heterocycles. The van der Waals surface area contributed by atoms with E-state index in [-0.39, 0.29) is 0 Å². The Bertz CT molecular complexity index is 287. The molecule has 0 saturated heterocycles. The van der Waals surface area contributed by atoms with Crippen LogP contribution in [0.3, 0.4) is 0 Å². The van der Waals surface area contributed by atoms with Gasteiger partial charge in [-0.25, -0.2) is 4.98 Å². The van der Waals surface area contributed by atoms with Crippen LogP contribution in [0.1, 0.15) is 15.6 Å². The van der Waals surface area contributed by atoms with Crippen molar-refractivity contribution in [3.05, 3.63) is 15.6 Å². The van der Waals surface area contributed by atoms with Gasteiger partial charge in [-0.05, 0) is 6.92 Å². The van der Waals surface area contributed by atoms with E-state index >= 15 is 0 Å². The van der Waals surface area contributed by atoms with Crippen LogP contribution in [0.15, 0.2) is 0 Å². The lowest BCUT2D eigenvalue weighted by Crippen LogP contribution is -1.89. The molecule has 0 amide bonds. The van der Waals surface area contributed by atoms with Crippen molar-refractivity contribution in [1.82, 2.24) is 4.98 Å². The van der Waals surface area contributed by atoms with E-state index in [1.54, 1.807) is 7.11 Å². The van der Waals surface area contributed by atoms with Crippen molar-refractivity contribution in [2.24, 2.45) is 0 Å². The lowest BCUT2D eigenvalue weighted by Gasteiger charge is -1.91. The molecule has 0 aliphatic rings. The average Bonchev–Trinajstić information content (AvgIpc) is 2.32. The summed E-state index contributed by atoms with van der Waals surface area (Å²) in [6.07, 6.45) is 0. The maximum Gasteiger partial charge on any atom is 0.130 e. The number of thiazole rings is 1. The molecule has 0 aliphatic carbocycles. The summed E-state index contributed by atoms with van der Waals surface area (Å²) in [5.74, 6) is 0. The quantitative estimate of drug-likeness (QED) is 0.671. The third-order valence-electron chi connectivity index (χ3n) is 1.19. The van der Waals surface area contributed by atoms with E-state index in [2.05, 4.69) is 11.1 Å². The van der Waals surface area contributed by atoms with Gasteiger partial charge in [-0.3, -0.25) is 0 Å². The second kappa shape index (κ2) is 3.46. The van der Waals surface area contributed by atoms with Gasteiger partial charge in [0, 0.05) is 7.11 Å². The fourth-order valence-electron chi connectivity index (χ4n) is 0.792. The summed E-state index contributed by atoms with van der Waals surface area (Å²) < 4.78 is 4.88. The van der Waals surface area contributed by atoms with Crippen LogP contribution in [0.25, 0.3) is 0 Å². The van der Waals surface area contributed by atoms with E-state index in [1.165, 1.54) is 11.3 Å². The molecule has 1 aromatic rings. The molecule has 4 heteroatoms. The summed E-state index contributed by atoms with van der Waals surface area (Å²) >= 11 is 1.40. The largest absolute Gasteiger partial charge is 0.378 e. The smallest absolute Gasteiger partial charge is 0.130 e. The molecule has 3 nitrogen and oxygen atoms in total. The number of hydrogen-bond donors (Lipinski definition) is 0. The molecule has 0 fully saturated rings. The molecule has 0 N–H and O–H groups in total. The second-order valence-electron chi connectivity index (χ2n) is 2.05. The van der Waals surface area contributed by atoms with Crippen molar-refractivity contribution < 1.29 is 4.74 Å². The number of aromatic nitrogens is 1. The highest BCUT2D eigenvalue weighted by Crippen LogP contribution is 2.16. The molecule has 0 radical (unpaired) electrons. The van der Waals surface area contributed by atoms with Crippen LogP contribution in [0, 0.1) is 18.3 Å². The third kappa shape index (κ3) is 1.76. The summed E-state index contributed by atoms with van der Waals surface area (Å²) in [5, 5.41) is 9.53. The minimum absolute atomic E-state index is 0.424. The number of rotatable bonds is 2. The molecule has 1 rings (SSSR count). The standard InChI is InChI=1S/C7H8N2OS/c1-5-9-6(4-10-2)7(3-8)11-5/h4H2,1-2H3. The fourth-order valence-corrected chi connectivity index (χ4v) is 1.51. The summed E-state index contributed by atoms with van der Waals surface area (Å²) in [6.45, 7) is 2.30. The minimum atomic E-state index is 0.424. The first-order valence-electron chi connectivity index (χ1n) is 3.13. The Labute approximate surface area is 69.3 Å². The predicted octanol–water partition coefficient (Wildman–Crippen LogP) is 1.47. The van der Waals surface area contributed by atoms with Crippen LogP contribution < -0.4 is 0 Å². The van der Waals surface area contributed by atoms with E-state index in [4.69, 9.17) is 10.00 Å². The van der Waals surface area contributed by atoms with Crippen LogP contribution in [0.5, 0.6) is 0 Å². The van der Waals surface area contributed by atoms with Gasteiger partial charge in [0.1, 0.15) is 10.9 Å². The van der Waals surface area contributed by atoms with E-state index in [9.17, 15) is 0 Å². The zero-order valence-electron chi connectivity index (χ0n) is 6.42. The molecule has 1 heterocycles. The summed E-state index contributed by atoms with van der Waals surface area (Å²) in [6, 6.07) is 2.08. The molecule has 58 valence electrons. The molecule has 11 heavy (non-hydrogen) atoms. The fraction of sp³-hybridized carbons (Fsp3) is 0.429. The summed E-state index contributed by atoms with van der Waals surface area (Å²) in [7, 11) is 1.59. The zero-order chi connectivity index (χ0) is 8.27. The maximum absolute atomic E-state index is 8.62. The monoisotopic (exact) mass is 168 g/mol. The Kier molecular flexibility index (Phi) is 2.58. The molecule has 0 aromatic carbocycles. The van der Waals surface area contributed by atoms with Gasteiger partial charge in [-0.1, -0.05) is 0 Å². The van der Waals surface area contributed by atoms with E-state index in [0.717, 1.165) is 10.7 Å². The van der Waals surface area contributed by atoms with Crippen molar-refractivity contribution in [2.45, 2.75) is 13.5 Å². The van der Waals surface area contributed by atoms with Gasteiger partial charge in [0.25, 0.3) is 0 Å². The lowest BCUT2D eigenvalue weighted by molar-refractivity contribution is 0.181. The van der Waals surface area contributed by atoms with Gasteiger partial charge < -0.3 is 4.74 Å². The van der Waals surface area contributed by atoms with Gasteiger partial charge in [0.2, 0.25) is 0 Å². The van der Waals surface area contributed by atoms with Gasteiger partial charge in [-0.2, -0.15) is 5.26 Å². The number of nitrogens with zero attached hydrogens (tertiary/aromatic N) is 2. The van der Waals surface area contributed by atoms with Crippen molar-refractivity contribution in [3.8, 4) is 6.07 Å². The normalized spacial score (nSPS) is 9.55. The van der Waals surface area contributed by atoms with Crippen LogP contribution in [0.2, 0.25) is 0 Å². The highest BCUT2D eigenvalue weighted by molar-refractivity contribution is 7.12. The number of aryl methyl sites for hydroxylation is 1. The first kappa shape index (κ1) is 8.18. The Hall–Kier alpha value is -0.920. The Morgan fingerprint density at radius 1 is 1.73 bits per heavy atom. The Morgan fingerprint density at radius 2 is 2.45 bits per heavy atom. The van der Waals surface area contributed by atoms with Crippen LogP contribution in [-0.2, 0) is 11.3 Å². The topological polar surface area (TPSA) is 45.9 Å². The molecular weight excluding hydrogens is 160 g/mol. The van der Waals surface area contributed by atoms with E-state index in [1.807, 2.05) is 6.92 Å². The lowest BCUT2D eigenvalue weighted by atomic mass is 10.4. The maximum atomic E-state index is 8.62. The second-order valence-corrected chi connectivity index (χ2v) is 3.26. The zero-order valence-corrected chi connectivity index (χ0v) is 7.23. The predicted molar refractivity (Wildman–Crippen MR) is 42.3 cm³/mol. The van der Waals surface area contributed by atoms with Crippen molar-refractivity contribution >= 4 is 11.3 Å². The number of hydrogen-bond acceptors (Lipinski definition) is 4. The minimum Gasteiger partial charge on any atom is -0.378 e. The van der Waals surface area contributed by atoms with Gasteiger partial charge >= 0.3 is 0 Å². The summed E-state index contributed by atoms with van der Waals surface area (Å²) in [4.78, 5) is 4.80. The molecular formula is C7H8N2OS. The first-order valence-corrected chi connectivity index (χ1v) is 3.95. The first-order chi connectivity index (χ1) is 5.27. The van der Waals surface area contributed by atoms with Crippen molar-refractivity contribution in [3.63, 3.8) is 0 Å². The van der Waals surface area contributed by atoms with Crippen molar-refractivity contribution in [2.75, 3.05) is 7.11 Å². The van der Waals surface area contributed by atoms with Crippen LogP contribution in [-0.4, -0.2) is 12.1 Å². The molecule has 0 aliphatic heterocycles. The van der Waals surface area contributed by atoms with Crippen LogP contribution >= 0.6 is 11.3 Å². The molecule has 0 atom stereocenters.